The predicted octanol–water partition coefficient (Wildman–Crippen LogP) is 6.47. The van der Waals surface area contributed by atoms with E-state index < -0.39 is 24.0 Å². The number of fused-ring (bicyclic) bond motifs is 1. The molecule has 2 aromatic heterocycles. The Bertz CT molecular complexity index is 2090. The fraction of sp³-hybridized carbons (Fsp3) is 0.286. The van der Waals surface area contributed by atoms with Crippen LogP contribution in [0.15, 0.2) is 116 Å². The van der Waals surface area contributed by atoms with Crippen molar-refractivity contribution in [3.05, 3.63) is 138 Å². The quantitative estimate of drug-likeness (QED) is 0.113. The summed E-state index contributed by atoms with van der Waals surface area (Å²) in [6.07, 6.45) is 3.08. The van der Waals surface area contributed by atoms with E-state index in [0.717, 1.165) is 29.5 Å². The molecule has 3 atom stereocenters. The van der Waals surface area contributed by atoms with Crippen molar-refractivity contribution >= 4 is 22.9 Å². The van der Waals surface area contributed by atoms with Gasteiger partial charge in [0, 0.05) is 6.42 Å². The number of carbonyl (C=O) groups is 1. The number of aryl methyl sites for hydroxylation is 1. The molecule has 1 saturated heterocycles. The van der Waals surface area contributed by atoms with Crippen molar-refractivity contribution in [2.24, 2.45) is 0 Å². The van der Waals surface area contributed by atoms with E-state index in [4.69, 9.17) is 23.7 Å². The molecule has 4 aromatic carbocycles. The number of nitrogens with zero attached hydrogens (tertiary/aromatic N) is 4. The zero-order valence-corrected chi connectivity index (χ0v) is 30.4. The lowest BCUT2D eigenvalue weighted by Crippen LogP contribution is -2.38. The number of hydrogen-bond donors (Lipinski definition) is 2. The first-order valence-corrected chi connectivity index (χ1v) is 17.9. The van der Waals surface area contributed by atoms with Gasteiger partial charge in [-0.2, -0.15) is 0 Å². The SMILES string of the molecule is CCCc1ccc(OCC(=O)Nc2ncnc3c2ncn3[C@H]2C[C@H](O)[C@@H](COC(c3ccccc3)(c3ccc(OC)cc3)c3ccc(OC)cc3)O2)cc1. The molecule has 3 heterocycles. The van der Waals surface area contributed by atoms with Gasteiger partial charge in [-0.15, -0.1) is 0 Å². The van der Waals surface area contributed by atoms with Gasteiger partial charge < -0.3 is 34.1 Å². The Hall–Kier alpha value is -5.82. The molecule has 7 rings (SSSR count). The second kappa shape index (κ2) is 16.5. The number of benzene rings is 4. The summed E-state index contributed by atoms with van der Waals surface area (Å²) in [5.74, 6) is 1.89. The van der Waals surface area contributed by atoms with Gasteiger partial charge in [-0.1, -0.05) is 80.1 Å². The van der Waals surface area contributed by atoms with Gasteiger partial charge in [0.25, 0.3) is 5.91 Å². The number of amides is 1. The van der Waals surface area contributed by atoms with Crippen LogP contribution in [0.4, 0.5) is 5.82 Å². The highest BCUT2D eigenvalue weighted by Gasteiger charge is 2.42. The minimum atomic E-state index is -1.08. The lowest BCUT2D eigenvalue weighted by Gasteiger charge is -2.37. The number of rotatable bonds is 15. The molecule has 1 aliphatic rings. The van der Waals surface area contributed by atoms with Crippen LogP contribution in [0.5, 0.6) is 17.2 Å². The number of aromatic nitrogens is 4. The highest BCUT2D eigenvalue weighted by atomic mass is 16.6. The number of aliphatic hydroxyl groups excluding tert-OH is 1. The van der Waals surface area contributed by atoms with Gasteiger partial charge in [0.2, 0.25) is 0 Å². The molecule has 12 heteroatoms. The Morgan fingerprint density at radius 1 is 0.852 bits per heavy atom. The van der Waals surface area contributed by atoms with Crippen molar-refractivity contribution in [1.82, 2.24) is 19.5 Å². The Kier molecular flexibility index (Phi) is 11.1. The van der Waals surface area contributed by atoms with Crippen LogP contribution in [0, 0.1) is 0 Å². The van der Waals surface area contributed by atoms with Crippen molar-refractivity contribution in [3.63, 3.8) is 0 Å². The van der Waals surface area contributed by atoms with Gasteiger partial charge >= 0.3 is 0 Å². The van der Waals surface area contributed by atoms with E-state index in [1.165, 1.54) is 11.9 Å². The third-order valence-corrected chi connectivity index (χ3v) is 9.60. The lowest BCUT2D eigenvalue weighted by molar-refractivity contribution is -0.118. The topological polar surface area (TPSA) is 139 Å². The Morgan fingerprint density at radius 2 is 1.48 bits per heavy atom. The number of hydrogen-bond acceptors (Lipinski definition) is 10. The van der Waals surface area contributed by atoms with E-state index in [1.807, 2.05) is 103 Å². The summed E-state index contributed by atoms with van der Waals surface area (Å²) in [5.41, 5.74) is 3.60. The molecule has 0 spiro atoms. The summed E-state index contributed by atoms with van der Waals surface area (Å²) in [6.45, 7) is 1.98. The molecule has 0 saturated carbocycles. The monoisotopic (exact) mass is 729 g/mol. The Balaban J connectivity index is 1.10. The van der Waals surface area contributed by atoms with E-state index in [2.05, 4.69) is 27.2 Å². The number of methoxy groups -OCH3 is 2. The predicted molar refractivity (Wildman–Crippen MR) is 203 cm³/mol. The second-order valence-electron chi connectivity index (χ2n) is 13.0. The normalized spacial score (nSPS) is 17.0. The van der Waals surface area contributed by atoms with Crippen LogP contribution >= 0.6 is 0 Å². The summed E-state index contributed by atoms with van der Waals surface area (Å²) in [5, 5.41) is 14.2. The van der Waals surface area contributed by atoms with Crippen LogP contribution in [0.25, 0.3) is 11.2 Å². The van der Waals surface area contributed by atoms with E-state index in [0.29, 0.717) is 28.4 Å². The van der Waals surface area contributed by atoms with Crippen molar-refractivity contribution in [3.8, 4) is 17.2 Å². The number of aliphatic hydroxyl groups is 1. The summed E-state index contributed by atoms with van der Waals surface area (Å²) < 4.78 is 31.8. The van der Waals surface area contributed by atoms with E-state index in [-0.39, 0.29) is 31.4 Å². The maximum atomic E-state index is 12.9. The van der Waals surface area contributed by atoms with Crippen LogP contribution in [0.1, 0.15) is 48.2 Å². The largest absolute Gasteiger partial charge is 0.497 e. The Morgan fingerprint density at radius 3 is 2.11 bits per heavy atom. The number of anilines is 1. The van der Waals surface area contributed by atoms with Crippen molar-refractivity contribution in [1.29, 1.82) is 0 Å². The molecule has 1 fully saturated rings. The average Bonchev–Trinajstić information content (AvgIpc) is 3.82. The molecular formula is C42H43N5O7. The van der Waals surface area contributed by atoms with E-state index >= 15 is 0 Å². The van der Waals surface area contributed by atoms with E-state index in [9.17, 15) is 9.90 Å². The molecule has 54 heavy (non-hydrogen) atoms. The Labute approximate surface area is 313 Å². The first kappa shape index (κ1) is 36.5. The minimum absolute atomic E-state index is 0.0505. The zero-order valence-electron chi connectivity index (χ0n) is 30.4. The summed E-state index contributed by atoms with van der Waals surface area (Å²) >= 11 is 0. The van der Waals surface area contributed by atoms with Gasteiger partial charge in [0.15, 0.2) is 23.6 Å². The van der Waals surface area contributed by atoms with Crippen LogP contribution in [0.3, 0.4) is 0 Å². The van der Waals surface area contributed by atoms with Crippen LogP contribution in [-0.2, 0) is 26.3 Å². The number of ether oxygens (including phenoxy) is 5. The molecule has 1 amide bonds. The van der Waals surface area contributed by atoms with Crippen molar-refractivity contribution in [2.45, 2.75) is 50.2 Å². The van der Waals surface area contributed by atoms with Crippen LogP contribution in [0.2, 0.25) is 0 Å². The average molecular weight is 730 g/mol. The molecule has 0 bridgehead atoms. The van der Waals surface area contributed by atoms with Crippen molar-refractivity contribution in [2.75, 3.05) is 32.8 Å². The number of nitrogens with one attached hydrogen (secondary N) is 1. The highest BCUT2D eigenvalue weighted by Crippen LogP contribution is 2.43. The van der Waals surface area contributed by atoms with Gasteiger partial charge in [0.1, 0.15) is 41.5 Å². The van der Waals surface area contributed by atoms with Gasteiger partial charge in [-0.05, 0) is 65.1 Å². The molecule has 278 valence electrons. The second-order valence-corrected chi connectivity index (χ2v) is 13.0. The first-order valence-electron chi connectivity index (χ1n) is 17.9. The molecule has 12 nitrogen and oxygen atoms in total. The maximum absolute atomic E-state index is 12.9. The minimum Gasteiger partial charge on any atom is -0.497 e. The summed E-state index contributed by atoms with van der Waals surface area (Å²) in [4.78, 5) is 26.1. The lowest BCUT2D eigenvalue weighted by atomic mass is 9.80. The van der Waals surface area contributed by atoms with Crippen LogP contribution < -0.4 is 19.5 Å². The fourth-order valence-electron chi connectivity index (χ4n) is 6.83. The van der Waals surface area contributed by atoms with Gasteiger partial charge in [-0.3, -0.25) is 9.36 Å². The maximum Gasteiger partial charge on any atom is 0.263 e. The standard InChI is InChI=1S/C42H43N5O7/c1-4-8-28-11-17-34(18-12-28)52-25-37(49)46-40-39-41(44-26-43-40)47(27-45-39)38-23-35(48)36(54-38)24-53-42(29-9-6-5-7-10-29,30-13-19-32(50-2)20-14-30)31-15-21-33(51-3)22-16-31/h5-7,9-22,26-27,35-36,38,48H,4,8,23-25H2,1-3H3,(H,43,44,46,49)/t35-,36+,38+/m0/s1. The molecule has 1 aliphatic heterocycles. The molecule has 0 aliphatic carbocycles. The summed E-state index contributed by atoms with van der Waals surface area (Å²) in [6, 6.07) is 33.2. The third kappa shape index (κ3) is 7.63. The number of imidazole rings is 1. The van der Waals surface area contributed by atoms with Gasteiger partial charge in [0.05, 0.1) is 33.3 Å². The zero-order chi connectivity index (χ0) is 37.5. The number of carbonyl (C=O) groups excluding carboxylic acids is 1. The molecule has 2 N–H and O–H groups in total. The van der Waals surface area contributed by atoms with Crippen LogP contribution in [-0.4, -0.2) is 70.2 Å². The highest BCUT2D eigenvalue weighted by molar-refractivity contribution is 5.97. The first-order chi connectivity index (χ1) is 26.4. The smallest absolute Gasteiger partial charge is 0.263 e. The van der Waals surface area contributed by atoms with Gasteiger partial charge in [-0.25, -0.2) is 15.0 Å². The molecule has 6 aromatic rings. The van der Waals surface area contributed by atoms with Crippen molar-refractivity contribution < 1.29 is 33.6 Å². The molecule has 0 radical (unpaired) electrons. The van der Waals surface area contributed by atoms with E-state index in [1.54, 1.807) is 25.1 Å². The fourth-order valence-corrected chi connectivity index (χ4v) is 6.83. The summed E-state index contributed by atoms with van der Waals surface area (Å²) in [7, 11) is 3.26. The molecular weight excluding hydrogens is 686 g/mol. The molecule has 0 unspecified atom stereocenters. The third-order valence-electron chi connectivity index (χ3n) is 9.60.